The lowest BCUT2D eigenvalue weighted by Crippen LogP contribution is -2.21. The molecule has 12 nitrogen and oxygen atoms in total. The highest BCUT2D eigenvalue weighted by Gasteiger charge is 2.29. The van der Waals surface area contributed by atoms with Crippen molar-refractivity contribution in [1.82, 2.24) is 39.3 Å². The summed E-state index contributed by atoms with van der Waals surface area (Å²) in [5.74, 6) is 0.619. The monoisotopic (exact) mass is 717 g/mol. The maximum Gasteiger partial charge on any atom is 0.487 e. The van der Waals surface area contributed by atoms with Crippen molar-refractivity contribution in [2.45, 2.75) is 31.6 Å². The number of anilines is 1. The average molecular weight is 718 g/mol. The Balaban J connectivity index is 1.09. The van der Waals surface area contributed by atoms with Crippen LogP contribution in [0.4, 0.5) is 14.5 Å². The first-order valence-electron chi connectivity index (χ1n) is 16.3. The van der Waals surface area contributed by atoms with Gasteiger partial charge >= 0.3 is 5.57 Å². The minimum atomic E-state index is -3.85. The van der Waals surface area contributed by atoms with E-state index in [-0.39, 0.29) is 11.8 Å². The smallest absolute Gasteiger partial charge is 0.420 e. The van der Waals surface area contributed by atoms with E-state index in [9.17, 15) is 13.6 Å². The Labute approximate surface area is 299 Å². The molecule has 15 heteroatoms. The molecule has 9 rings (SSSR count). The molecule has 1 N–H and O–H groups in total. The molecule has 258 valence electrons. The predicted octanol–water partition coefficient (Wildman–Crippen LogP) is 7.22. The van der Waals surface area contributed by atoms with Crippen molar-refractivity contribution in [3.8, 4) is 45.3 Å². The molecule has 0 saturated heterocycles. The summed E-state index contributed by atoms with van der Waals surface area (Å²) in [6.45, 7) is 2.92. The molecule has 1 atom stereocenters. The Morgan fingerprint density at radius 3 is 2.69 bits per heavy atom. The number of fused-ring (bicyclic) bond motifs is 6. The Bertz CT molecular complexity index is 2520. The van der Waals surface area contributed by atoms with Crippen molar-refractivity contribution in [1.29, 1.82) is 0 Å². The number of amides is 1. The Hall–Kier alpha value is -6.12. The number of ether oxygens (including phenoxy) is 2. The maximum absolute atomic E-state index is 13.7. The molecule has 1 aliphatic heterocycles. The van der Waals surface area contributed by atoms with E-state index in [1.807, 2.05) is 42.7 Å². The van der Waals surface area contributed by atoms with Gasteiger partial charge in [-0.05, 0) is 67.6 Å². The molecule has 0 fully saturated rings. The molecular formula is C37H26ClF2N9O3. The highest BCUT2D eigenvalue weighted by atomic mass is 35.5. The zero-order valence-corrected chi connectivity index (χ0v) is 28.1. The lowest BCUT2D eigenvalue weighted by Gasteiger charge is -2.23. The third-order valence-corrected chi connectivity index (χ3v) is 9.06. The summed E-state index contributed by atoms with van der Waals surface area (Å²) in [5, 5.41) is 7.74. The standard InChI is InChI=1S/C37H26ClF2N9O3/c1-20-18-51-19-32-45-31-13-22(35(50)44-25-4-6-26(7-5-25)52-37(38,39)40)11-27(34(31)49(20)32)23-12-28-30(43-16-23)14-24-17-48(47-33(24)28)36-42-10-8-29(46-36)21-3-2-9-41-15-21/h2-13,15-17,20H,14,18-19H2,1H3,(H,44,50)/t20-/m1/s1. The quantitative estimate of drug-likeness (QED) is 0.170. The number of nitrogens with zero attached hydrogens (tertiary/aromatic N) is 8. The van der Waals surface area contributed by atoms with Crippen LogP contribution in [0, 0.1) is 0 Å². The van der Waals surface area contributed by atoms with Gasteiger partial charge in [-0.3, -0.25) is 14.8 Å². The number of benzene rings is 2. The molecule has 0 saturated carbocycles. The van der Waals surface area contributed by atoms with Gasteiger partial charge in [0, 0.05) is 88.1 Å². The van der Waals surface area contributed by atoms with Gasteiger partial charge in [0.1, 0.15) is 18.2 Å². The second-order valence-electron chi connectivity index (χ2n) is 12.5. The first-order valence-corrected chi connectivity index (χ1v) is 16.7. The summed E-state index contributed by atoms with van der Waals surface area (Å²) in [7, 11) is 0. The van der Waals surface area contributed by atoms with Crippen LogP contribution in [0.15, 0.2) is 91.6 Å². The number of alkyl halides is 3. The Morgan fingerprint density at radius 2 is 1.88 bits per heavy atom. The molecule has 2 aliphatic rings. The molecule has 6 heterocycles. The number of pyridine rings is 2. The van der Waals surface area contributed by atoms with Crippen LogP contribution in [-0.2, 0) is 17.8 Å². The Kier molecular flexibility index (Phi) is 7.52. The molecule has 1 aliphatic carbocycles. The minimum Gasteiger partial charge on any atom is -0.420 e. The highest BCUT2D eigenvalue weighted by Crippen LogP contribution is 2.40. The molecule has 0 bridgehead atoms. The fourth-order valence-electron chi connectivity index (χ4n) is 6.71. The van der Waals surface area contributed by atoms with Crippen molar-refractivity contribution in [2.24, 2.45) is 0 Å². The van der Waals surface area contributed by atoms with E-state index < -0.39 is 11.5 Å². The summed E-state index contributed by atoms with van der Waals surface area (Å²) >= 11 is 4.88. The van der Waals surface area contributed by atoms with Gasteiger partial charge in [0.25, 0.3) is 11.9 Å². The summed E-state index contributed by atoms with van der Waals surface area (Å²) in [5.41, 5.74) is 5.03. The lowest BCUT2D eigenvalue weighted by molar-refractivity contribution is -0.0964. The van der Waals surface area contributed by atoms with Crippen LogP contribution in [0.25, 0.3) is 50.6 Å². The number of rotatable bonds is 7. The number of aromatic nitrogens is 8. The summed E-state index contributed by atoms with van der Waals surface area (Å²) in [6, 6.07) is 16.7. The van der Waals surface area contributed by atoms with Gasteiger partial charge in [-0.1, -0.05) is 0 Å². The Morgan fingerprint density at radius 1 is 1.02 bits per heavy atom. The van der Waals surface area contributed by atoms with E-state index >= 15 is 0 Å². The van der Waals surface area contributed by atoms with Crippen LogP contribution in [0.3, 0.4) is 0 Å². The number of nitrogens with one attached hydrogen (secondary N) is 1. The van der Waals surface area contributed by atoms with E-state index in [2.05, 4.69) is 31.5 Å². The highest BCUT2D eigenvalue weighted by molar-refractivity contribution is 6.20. The van der Waals surface area contributed by atoms with Crippen molar-refractivity contribution >= 4 is 34.2 Å². The lowest BCUT2D eigenvalue weighted by atomic mass is 9.99. The molecule has 1 amide bonds. The van der Waals surface area contributed by atoms with E-state index in [0.717, 1.165) is 56.2 Å². The molecule has 52 heavy (non-hydrogen) atoms. The van der Waals surface area contributed by atoms with E-state index in [0.29, 0.717) is 42.4 Å². The molecule has 2 aromatic carbocycles. The first-order chi connectivity index (χ1) is 25.2. The number of hydrogen-bond acceptors (Lipinski definition) is 9. The van der Waals surface area contributed by atoms with Gasteiger partial charge in [-0.2, -0.15) is 5.10 Å². The van der Waals surface area contributed by atoms with Crippen LogP contribution in [-0.4, -0.2) is 57.3 Å². The summed E-state index contributed by atoms with van der Waals surface area (Å²) in [6.07, 6.45) is 9.49. The van der Waals surface area contributed by atoms with Gasteiger partial charge in [0.2, 0.25) is 0 Å². The number of carbonyl (C=O) groups excluding carboxylic acids is 1. The van der Waals surface area contributed by atoms with Crippen LogP contribution < -0.4 is 10.1 Å². The number of imidazole rings is 1. The van der Waals surface area contributed by atoms with Gasteiger partial charge in [-0.15, -0.1) is 8.78 Å². The van der Waals surface area contributed by atoms with Gasteiger partial charge in [0.05, 0.1) is 40.8 Å². The molecule has 5 aromatic heterocycles. The molecule has 0 unspecified atom stereocenters. The zero-order valence-electron chi connectivity index (χ0n) is 27.3. The van der Waals surface area contributed by atoms with Gasteiger partial charge in [0.15, 0.2) is 0 Å². The average Bonchev–Trinajstić information content (AvgIpc) is 3.83. The van der Waals surface area contributed by atoms with Crippen LogP contribution >= 0.6 is 11.6 Å². The molecule has 0 radical (unpaired) electrons. The third kappa shape index (κ3) is 5.81. The van der Waals surface area contributed by atoms with Crippen molar-refractivity contribution in [3.05, 3.63) is 114 Å². The second kappa shape index (κ2) is 12.3. The summed E-state index contributed by atoms with van der Waals surface area (Å²) < 4.78 is 40.2. The number of hydrogen-bond donors (Lipinski definition) is 1. The van der Waals surface area contributed by atoms with Crippen molar-refractivity contribution in [3.63, 3.8) is 0 Å². The molecule has 0 spiro atoms. The zero-order chi connectivity index (χ0) is 35.6. The third-order valence-electron chi connectivity index (χ3n) is 8.99. The van der Waals surface area contributed by atoms with Gasteiger partial charge < -0.3 is 19.4 Å². The molecule has 7 aromatic rings. The van der Waals surface area contributed by atoms with E-state index in [1.54, 1.807) is 29.3 Å². The van der Waals surface area contributed by atoms with Crippen molar-refractivity contribution < 1.29 is 23.0 Å². The van der Waals surface area contributed by atoms with Crippen molar-refractivity contribution in [2.75, 3.05) is 11.9 Å². The van der Waals surface area contributed by atoms with Gasteiger partial charge in [-0.25, -0.2) is 19.6 Å². The van der Waals surface area contributed by atoms with E-state index in [4.69, 9.17) is 36.4 Å². The topological polar surface area (TPSA) is 135 Å². The van der Waals surface area contributed by atoms with Crippen LogP contribution in [0.1, 0.15) is 40.4 Å². The van der Waals surface area contributed by atoms with E-state index in [1.165, 1.54) is 24.3 Å². The van der Waals surface area contributed by atoms with Crippen LogP contribution in [0.2, 0.25) is 0 Å². The fourth-order valence-corrected chi connectivity index (χ4v) is 6.80. The molecular weight excluding hydrogens is 692 g/mol. The predicted molar refractivity (Wildman–Crippen MR) is 187 cm³/mol. The summed E-state index contributed by atoms with van der Waals surface area (Å²) in [4.78, 5) is 36.8. The largest absolute Gasteiger partial charge is 0.487 e. The maximum atomic E-state index is 13.7. The number of carbonyl (C=O) groups is 1. The number of halogens is 3. The first kappa shape index (κ1) is 31.8. The normalized spacial score (nSPS) is 14.9. The minimum absolute atomic E-state index is 0.000364. The van der Waals surface area contributed by atoms with Crippen LogP contribution in [0.5, 0.6) is 5.75 Å². The fraction of sp³-hybridized carbons (Fsp3) is 0.162. The SMILES string of the molecule is C[C@@H]1COCc2nc3cc(C(=O)Nc4ccc(OC(F)(F)Cl)cc4)cc(-c4cnc5c(c4)-c4nn(-c6nccc(-c7cccnc7)n6)cc4C5)c3n21. The second-order valence-corrected chi connectivity index (χ2v) is 12.9.